The van der Waals surface area contributed by atoms with E-state index in [1.165, 1.54) is 12.8 Å². The molecule has 6 nitrogen and oxygen atoms in total. The molecule has 2 aliphatic rings. The van der Waals surface area contributed by atoms with Crippen molar-refractivity contribution in [2.45, 2.75) is 26.3 Å². The molecule has 0 aliphatic carbocycles. The van der Waals surface area contributed by atoms with Gasteiger partial charge in [0.25, 0.3) is 0 Å². The van der Waals surface area contributed by atoms with E-state index in [1.54, 1.807) is 0 Å². The number of likely N-dealkylation sites (tertiary alicyclic amines) is 1. The lowest BCUT2D eigenvalue weighted by Crippen LogP contribution is -2.42. The number of rotatable bonds is 3. The highest BCUT2D eigenvalue weighted by molar-refractivity contribution is 8.93. The van der Waals surface area contributed by atoms with Crippen LogP contribution in [-0.2, 0) is 16.4 Å². The Balaban J connectivity index is 0.00000243. The van der Waals surface area contributed by atoms with Crippen molar-refractivity contribution in [1.29, 1.82) is 0 Å². The Morgan fingerprint density at radius 2 is 1.69 bits per heavy atom. The molecule has 0 unspecified atom stereocenters. The zero-order chi connectivity index (χ0) is 17.9. The normalized spacial score (nSPS) is 21.3. The average molecular weight is 445 g/mol. The summed E-state index contributed by atoms with van der Waals surface area (Å²) in [6, 6.07) is 8.18. The number of benzene rings is 1. The third kappa shape index (κ3) is 5.61. The first-order valence-electron chi connectivity index (χ1n) is 9.02. The van der Waals surface area contributed by atoms with Gasteiger partial charge in [-0.3, -0.25) is 0 Å². The van der Waals surface area contributed by atoms with Crippen LogP contribution in [0.5, 0.6) is 0 Å². The molecule has 2 saturated heterocycles. The lowest BCUT2D eigenvalue weighted by molar-refractivity contribution is 0.277. The Bertz CT molecular complexity index is 699. The van der Waals surface area contributed by atoms with E-state index >= 15 is 0 Å². The van der Waals surface area contributed by atoms with Crippen molar-refractivity contribution in [3.63, 3.8) is 0 Å². The van der Waals surface area contributed by atoms with Crippen molar-refractivity contribution in [2.24, 2.45) is 16.6 Å². The minimum absolute atomic E-state index is 0. The summed E-state index contributed by atoms with van der Waals surface area (Å²) in [6.07, 6.45) is 2.35. The first kappa shape index (κ1) is 21.0. The van der Waals surface area contributed by atoms with Gasteiger partial charge in [-0.05, 0) is 36.5 Å². The average Bonchev–Trinajstić information content (AvgIpc) is 2.61. The summed E-state index contributed by atoms with van der Waals surface area (Å²) >= 11 is 0. The molecule has 2 N–H and O–H groups in total. The predicted octanol–water partition coefficient (Wildman–Crippen LogP) is 2.05. The second-order valence-corrected chi connectivity index (χ2v) is 9.45. The molecule has 0 atom stereocenters. The number of guanidine groups is 1. The van der Waals surface area contributed by atoms with Gasteiger partial charge in [-0.1, -0.05) is 19.1 Å². The van der Waals surface area contributed by atoms with Gasteiger partial charge in [0.1, 0.15) is 0 Å². The van der Waals surface area contributed by atoms with E-state index < -0.39 is 9.84 Å². The summed E-state index contributed by atoms with van der Waals surface area (Å²) in [5.74, 6) is 1.90. The summed E-state index contributed by atoms with van der Waals surface area (Å²) in [7, 11) is -2.84. The molecule has 0 radical (unpaired) electrons. The Hall–Kier alpha value is -1.28. The van der Waals surface area contributed by atoms with Gasteiger partial charge in [0.15, 0.2) is 15.8 Å². The first-order chi connectivity index (χ1) is 11.9. The molecule has 2 fully saturated rings. The molecule has 0 spiro atoms. The van der Waals surface area contributed by atoms with E-state index in [0.717, 1.165) is 30.3 Å². The molecular formula is C18H29BrN4O2S. The minimum atomic E-state index is -2.84. The largest absolute Gasteiger partial charge is 0.370 e. The molecule has 0 bridgehead atoms. The smallest absolute Gasteiger partial charge is 0.191 e. The maximum absolute atomic E-state index is 11.5. The summed E-state index contributed by atoms with van der Waals surface area (Å²) in [4.78, 5) is 8.82. The molecule has 1 aromatic rings. The van der Waals surface area contributed by atoms with Crippen LogP contribution in [0.1, 0.15) is 25.3 Å². The number of halogens is 1. The van der Waals surface area contributed by atoms with E-state index in [-0.39, 0.29) is 28.5 Å². The van der Waals surface area contributed by atoms with E-state index in [1.807, 2.05) is 24.3 Å². The van der Waals surface area contributed by atoms with Crippen LogP contribution in [0.15, 0.2) is 29.3 Å². The quantitative estimate of drug-likeness (QED) is 0.569. The number of nitrogens with two attached hydrogens (primary N) is 1. The molecule has 2 heterocycles. The molecule has 3 rings (SSSR count). The van der Waals surface area contributed by atoms with Crippen molar-refractivity contribution in [3.8, 4) is 0 Å². The van der Waals surface area contributed by atoms with Gasteiger partial charge < -0.3 is 15.5 Å². The third-order valence-electron chi connectivity index (χ3n) is 5.18. The van der Waals surface area contributed by atoms with Crippen molar-refractivity contribution < 1.29 is 8.42 Å². The van der Waals surface area contributed by atoms with Gasteiger partial charge in [-0.25, -0.2) is 13.4 Å². The monoisotopic (exact) mass is 444 g/mol. The fourth-order valence-corrected chi connectivity index (χ4v) is 4.49. The van der Waals surface area contributed by atoms with Crippen LogP contribution in [-0.4, -0.2) is 57.0 Å². The van der Waals surface area contributed by atoms with Crippen LogP contribution in [0, 0.1) is 5.92 Å². The molecular weight excluding hydrogens is 416 g/mol. The van der Waals surface area contributed by atoms with Crippen LogP contribution >= 0.6 is 17.0 Å². The molecule has 0 aromatic heterocycles. The minimum Gasteiger partial charge on any atom is -0.370 e. The van der Waals surface area contributed by atoms with Gasteiger partial charge in [0.05, 0.1) is 18.1 Å². The lowest BCUT2D eigenvalue weighted by Gasteiger charge is -2.31. The van der Waals surface area contributed by atoms with E-state index in [2.05, 4.69) is 21.7 Å². The predicted molar refractivity (Wildman–Crippen MR) is 113 cm³/mol. The molecule has 2 aliphatic heterocycles. The molecule has 1 aromatic carbocycles. The Kier molecular flexibility index (Phi) is 7.34. The van der Waals surface area contributed by atoms with Gasteiger partial charge in [-0.15, -0.1) is 17.0 Å². The second kappa shape index (κ2) is 9.08. The first-order valence-corrected chi connectivity index (χ1v) is 10.8. The van der Waals surface area contributed by atoms with Gasteiger partial charge in [-0.2, -0.15) is 0 Å². The number of aliphatic imine (C=N–C) groups is 1. The summed E-state index contributed by atoms with van der Waals surface area (Å²) in [5.41, 5.74) is 8.31. The number of piperidine rings is 1. The fourth-order valence-electron chi connectivity index (χ4n) is 3.29. The second-order valence-electron chi connectivity index (χ2n) is 7.15. The zero-order valence-corrected chi connectivity index (χ0v) is 17.8. The summed E-state index contributed by atoms with van der Waals surface area (Å²) in [6.45, 7) is 5.98. The summed E-state index contributed by atoms with van der Waals surface area (Å²) < 4.78 is 23.0. The zero-order valence-electron chi connectivity index (χ0n) is 15.3. The van der Waals surface area contributed by atoms with Crippen molar-refractivity contribution in [1.82, 2.24) is 4.90 Å². The molecule has 146 valence electrons. The highest BCUT2D eigenvalue weighted by Gasteiger charge is 2.21. The standard InChI is InChI=1S/C18H28N4O2S.BrH/c1-15-6-8-22(9-7-15)18(19)20-14-16-2-4-17(5-3-16)21-10-12-25(23,24)13-11-21;/h2-5,15H,6-14H2,1H3,(H2,19,20);1H. The third-order valence-corrected chi connectivity index (χ3v) is 6.79. The van der Waals surface area contributed by atoms with E-state index in [4.69, 9.17) is 5.73 Å². The molecule has 0 amide bonds. The van der Waals surface area contributed by atoms with E-state index in [0.29, 0.717) is 25.6 Å². The maximum Gasteiger partial charge on any atom is 0.191 e. The van der Waals surface area contributed by atoms with E-state index in [9.17, 15) is 8.42 Å². The number of sulfone groups is 1. The van der Waals surface area contributed by atoms with Crippen molar-refractivity contribution in [3.05, 3.63) is 29.8 Å². The van der Waals surface area contributed by atoms with Crippen LogP contribution in [0.25, 0.3) is 0 Å². The fraction of sp³-hybridized carbons (Fsp3) is 0.611. The maximum atomic E-state index is 11.5. The lowest BCUT2D eigenvalue weighted by atomic mass is 10.00. The van der Waals surface area contributed by atoms with Crippen LogP contribution in [0.2, 0.25) is 0 Å². The van der Waals surface area contributed by atoms with Crippen molar-refractivity contribution in [2.75, 3.05) is 42.6 Å². The number of hydrogen-bond donors (Lipinski definition) is 1. The van der Waals surface area contributed by atoms with Gasteiger partial charge >= 0.3 is 0 Å². The Morgan fingerprint density at radius 3 is 2.27 bits per heavy atom. The Labute approximate surface area is 167 Å². The van der Waals surface area contributed by atoms with Gasteiger partial charge in [0.2, 0.25) is 0 Å². The number of nitrogens with zero attached hydrogens (tertiary/aromatic N) is 3. The van der Waals surface area contributed by atoms with Crippen molar-refractivity contribution >= 4 is 38.5 Å². The molecule has 0 saturated carbocycles. The Morgan fingerprint density at radius 1 is 1.12 bits per heavy atom. The SMILES string of the molecule is Br.CC1CCN(C(N)=NCc2ccc(N3CCS(=O)(=O)CC3)cc2)CC1. The molecule has 8 heteroatoms. The number of anilines is 1. The van der Waals surface area contributed by atoms with Crippen LogP contribution in [0.4, 0.5) is 5.69 Å². The van der Waals surface area contributed by atoms with Crippen LogP contribution in [0.3, 0.4) is 0 Å². The van der Waals surface area contributed by atoms with Crippen LogP contribution < -0.4 is 10.6 Å². The summed E-state index contributed by atoms with van der Waals surface area (Å²) in [5, 5.41) is 0. The van der Waals surface area contributed by atoms with Gasteiger partial charge in [0, 0.05) is 31.9 Å². The number of hydrogen-bond acceptors (Lipinski definition) is 4. The highest BCUT2D eigenvalue weighted by atomic mass is 79.9. The topological polar surface area (TPSA) is 79.0 Å². The molecule has 26 heavy (non-hydrogen) atoms. The highest BCUT2D eigenvalue weighted by Crippen LogP contribution is 2.19.